The molecule has 0 radical (unpaired) electrons. The summed E-state index contributed by atoms with van der Waals surface area (Å²) in [5.41, 5.74) is 0.0358. The summed E-state index contributed by atoms with van der Waals surface area (Å²) in [5, 5.41) is 11.1. The number of rotatable bonds is 6. The molecule has 2 aromatic carbocycles. The SMILES string of the molecule is CC(=O)c1cccc(Oc2ccc([N+](=O)[O-])cc2S(=O)(=O)N2CCOCC2)c1. The van der Waals surface area contributed by atoms with Crippen LogP contribution in [0, 0.1) is 10.1 Å². The molecule has 148 valence electrons. The third-order valence-corrected chi connectivity index (χ3v) is 6.11. The molecule has 28 heavy (non-hydrogen) atoms. The lowest BCUT2D eigenvalue weighted by molar-refractivity contribution is -0.385. The van der Waals surface area contributed by atoms with Gasteiger partial charge in [-0.2, -0.15) is 4.31 Å². The molecule has 0 amide bonds. The van der Waals surface area contributed by atoms with Crippen molar-refractivity contribution in [3.05, 3.63) is 58.1 Å². The van der Waals surface area contributed by atoms with E-state index in [0.717, 1.165) is 6.07 Å². The molecule has 1 aliphatic heterocycles. The highest BCUT2D eigenvalue weighted by Gasteiger charge is 2.31. The summed E-state index contributed by atoms with van der Waals surface area (Å²) >= 11 is 0. The van der Waals surface area contributed by atoms with Gasteiger partial charge in [-0.15, -0.1) is 0 Å². The molecule has 0 unspecified atom stereocenters. The molecule has 2 aromatic rings. The molecule has 0 spiro atoms. The predicted molar refractivity (Wildman–Crippen MR) is 99.2 cm³/mol. The Balaban J connectivity index is 2.04. The van der Waals surface area contributed by atoms with Gasteiger partial charge in [-0.05, 0) is 25.1 Å². The summed E-state index contributed by atoms with van der Waals surface area (Å²) in [6, 6.07) is 9.65. The monoisotopic (exact) mass is 406 g/mol. The van der Waals surface area contributed by atoms with E-state index in [4.69, 9.17) is 9.47 Å². The van der Waals surface area contributed by atoms with Crippen molar-refractivity contribution in [2.75, 3.05) is 26.3 Å². The van der Waals surface area contributed by atoms with Crippen LogP contribution in [0.4, 0.5) is 5.69 Å². The average molecular weight is 406 g/mol. The summed E-state index contributed by atoms with van der Waals surface area (Å²) in [7, 11) is -4.04. The molecule has 1 aliphatic rings. The Morgan fingerprint density at radius 2 is 1.89 bits per heavy atom. The first-order valence-corrected chi connectivity index (χ1v) is 9.88. The standard InChI is InChI=1S/C18H18N2O7S/c1-13(21)14-3-2-4-16(11-14)27-17-6-5-15(20(22)23)12-18(17)28(24,25)19-7-9-26-10-8-19/h2-6,11-12H,7-10H2,1H3. The molecule has 0 N–H and O–H groups in total. The van der Waals surface area contributed by atoms with Crippen LogP contribution in [0.3, 0.4) is 0 Å². The van der Waals surface area contributed by atoms with Crippen molar-refractivity contribution in [3.8, 4) is 11.5 Å². The Kier molecular flexibility index (Phi) is 5.73. The van der Waals surface area contributed by atoms with Crippen molar-refractivity contribution in [1.29, 1.82) is 0 Å². The van der Waals surface area contributed by atoms with Gasteiger partial charge in [0.15, 0.2) is 5.78 Å². The number of carbonyl (C=O) groups excluding carboxylic acids is 1. The molecular weight excluding hydrogens is 388 g/mol. The lowest BCUT2D eigenvalue weighted by Gasteiger charge is -2.26. The fraction of sp³-hybridized carbons (Fsp3) is 0.278. The maximum Gasteiger partial charge on any atom is 0.271 e. The minimum atomic E-state index is -4.04. The van der Waals surface area contributed by atoms with E-state index >= 15 is 0 Å². The molecule has 10 heteroatoms. The van der Waals surface area contributed by atoms with Crippen LogP contribution in [0.15, 0.2) is 47.4 Å². The van der Waals surface area contributed by atoms with Crippen molar-refractivity contribution >= 4 is 21.5 Å². The number of Topliss-reactive ketones (excluding diaryl/α,β-unsaturated/α-hetero) is 1. The fourth-order valence-electron chi connectivity index (χ4n) is 2.73. The third-order valence-electron chi connectivity index (χ3n) is 4.19. The van der Waals surface area contributed by atoms with Crippen molar-refractivity contribution in [2.45, 2.75) is 11.8 Å². The van der Waals surface area contributed by atoms with Crippen molar-refractivity contribution in [1.82, 2.24) is 4.31 Å². The largest absolute Gasteiger partial charge is 0.456 e. The number of nitrogens with zero attached hydrogens (tertiary/aromatic N) is 2. The number of ether oxygens (including phenoxy) is 2. The van der Waals surface area contributed by atoms with Crippen LogP contribution in [0.25, 0.3) is 0 Å². The second kappa shape index (κ2) is 8.05. The van der Waals surface area contributed by atoms with Gasteiger partial charge in [0.25, 0.3) is 5.69 Å². The highest BCUT2D eigenvalue weighted by molar-refractivity contribution is 7.89. The van der Waals surface area contributed by atoms with Gasteiger partial charge in [0, 0.05) is 30.8 Å². The van der Waals surface area contributed by atoms with Gasteiger partial charge in [-0.3, -0.25) is 14.9 Å². The van der Waals surface area contributed by atoms with Crippen LogP contribution in [0.2, 0.25) is 0 Å². The summed E-state index contributed by atoms with van der Waals surface area (Å²) in [6.07, 6.45) is 0. The van der Waals surface area contributed by atoms with Gasteiger partial charge < -0.3 is 9.47 Å². The Morgan fingerprint density at radius 1 is 1.18 bits per heavy atom. The van der Waals surface area contributed by atoms with E-state index < -0.39 is 14.9 Å². The zero-order chi connectivity index (χ0) is 20.3. The normalized spacial score (nSPS) is 15.2. The van der Waals surface area contributed by atoms with E-state index in [1.54, 1.807) is 18.2 Å². The quantitative estimate of drug-likeness (QED) is 0.411. The van der Waals surface area contributed by atoms with Gasteiger partial charge in [-0.25, -0.2) is 8.42 Å². The molecule has 0 atom stereocenters. The summed E-state index contributed by atoms with van der Waals surface area (Å²) in [4.78, 5) is 21.7. The van der Waals surface area contributed by atoms with Crippen molar-refractivity contribution in [3.63, 3.8) is 0 Å². The maximum absolute atomic E-state index is 13.1. The van der Waals surface area contributed by atoms with Gasteiger partial charge >= 0.3 is 0 Å². The van der Waals surface area contributed by atoms with Crippen LogP contribution in [-0.2, 0) is 14.8 Å². The second-order valence-electron chi connectivity index (χ2n) is 6.09. The molecule has 0 saturated carbocycles. The van der Waals surface area contributed by atoms with E-state index in [0.29, 0.717) is 5.56 Å². The topological polar surface area (TPSA) is 116 Å². The first-order chi connectivity index (χ1) is 13.3. The summed E-state index contributed by atoms with van der Waals surface area (Å²) in [6.45, 7) is 2.17. The highest BCUT2D eigenvalue weighted by Crippen LogP contribution is 2.34. The number of carbonyl (C=O) groups is 1. The van der Waals surface area contributed by atoms with Crippen molar-refractivity contribution < 1.29 is 27.6 Å². The Hall–Kier alpha value is -2.82. The number of nitro groups is 1. The molecule has 1 heterocycles. The number of non-ortho nitro benzene ring substituents is 1. The second-order valence-corrected chi connectivity index (χ2v) is 8.00. The van der Waals surface area contributed by atoms with Crippen LogP contribution in [0.1, 0.15) is 17.3 Å². The first-order valence-electron chi connectivity index (χ1n) is 8.44. The smallest absolute Gasteiger partial charge is 0.271 e. The number of sulfonamides is 1. The Morgan fingerprint density at radius 3 is 2.54 bits per heavy atom. The third kappa shape index (κ3) is 4.19. The Bertz CT molecular complexity index is 1010. The van der Waals surface area contributed by atoms with Crippen LogP contribution in [-0.4, -0.2) is 49.7 Å². The van der Waals surface area contributed by atoms with E-state index in [1.165, 1.54) is 29.4 Å². The molecule has 0 aromatic heterocycles. The van der Waals surface area contributed by atoms with Gasteiger partial charge in [0.1, 0.15) is 16.4 Å². The number of hydrogen-bond acceptors (Lipinski definition) is 7. The minimum absolute atomic E-state index is 0.0576. The fourth-order valence-corrected chi connectivity index (χ4v) is 4.27. The number of morpholine rings is 1. The zero-order valence-corrected chi connectivity index (χ0v) is 15.8. The van der Waals surface area contributed by atoms with Crippen molar-refractivity contribution in [2.24, 2.45) is 0 Å². The molecular formula is C18H18N2O7S. The zero-order valence-electron chi connectivity index (χ0n) is 15.0. The molecule has 0 aliphatic carbocycles. The van der Waals surface area contributed by atoms with Crippen LogP contribution >= 0.6 is 0 Å². The Labute approximate surface area is 161 Å². The number of hydrogen-bond donors (Lipinski definition) is 0. The number of ketones is 1. The van der Waals surface area contributed by atoms with E-state index in [9.17, 15) is 23.3 Å². The minimum Gasteiger partial charge on any atom is -0.456 e. The van der Waals surface area contributed by atoms with Gasteiger partial charge in [0.2, 0.25) is 10.0 Å². The van der Waals surface area contributed by atoms with Gasteiger partial charge in [0.05, 0.1) is 18.1 Å². The lowest BCUT2D eigenvalue weighted by Crippen LogP contribution is -2.40. The first kappa shape index (κ1) is 19.9. The van der Waals surface area contributed by atoms with Crippen LogP contribution < -0.4 is 4.74 Å². The lowest BCUT2D eigenvalue weighted by atomic mass is 10.1. The number of nitro benzene ring substituents is 1. The van der Waals surface area contributed by atoms with E-state index in [-0.39, 0.29) is 54.2 Å². The predicted octanol–water partition coefficient (Wildman–Crippen LogP) is 2.61. The van der Waals surface area contributed by atoms with E-state index in [1.807, 2.05) is 0 Å². The van der Waals surface area contributed by atoms with Crippen LogP contribution in [0.5, 0.6) is 11.5 Å². The highest BCUT2D eigenvalue weighted by atomic mass is 32.2. The average Bonchev–Trinajstić information content (AvgIpc) is 2.69. The molecule has 3 rings (SSSR count). The van der Waals surface area contributed by atoms with E-state index in [2.05, 4.69) is 0 Å². The molecule has 1 fully saturated rings. The van der Waals surface area contributed by atoms with Gasteiger partial charge in [-0.1, -0.05) is 12.1 Å². The molecule has 0 bridgehead atoms. The summed E-state index contributed by atoms with van der Waals surface area (Å²) < 4.78 is 38.2. The number of benzene rings is 2. The maximum atomic E-state index is 13.1. The molecule has 9 nitrogen and oxygen atoms in total. The molecule has 1 saturated heterocycles. The summed E-state index contributed by atoms with van der Waals surface area (Å²) in [5.74, 6) is 0.0214.